The highest BCUT2D eigenvalue weighted by molar-refractivity contribution is 6.31. The first kappa shape index (κ1) is 18.1. The Morgan fingerprint density at radius 3 is 2.58 bits per heavy atom. The van der Waals surface area contributed by atoms with Gasteiger partial charge in [-0.1, -0.05) is 48.9 Å². The van der Waals surface area contributed by atoms with E-state index in [2.05, 4.69) is 5.32 Å². The molecular formula is C21H20ClNO3. The Kier molecular flexibility index (Phi) is 5.64. The number of rotatable bonds is 6. The highest BCUT2D eigenvalue weighted by Crippen LogP contribution is 2.28. The second-order valence-corrected chi connectivity index (χ2v) is 6.29. The maximum absolute atomic E-state index is 12.7. The van der Waals surface area contributed by atoms with Crippen molar-refractivity contribution in [3.05, 3.63) is 65.7 Å². The normalized spacial score (nSPS) is 11.8. The first-order valence-electron chi connectivity index (χ1n) is 8.40. The van der Waals surface area contributed by atoms with Crippen LogP contribution in [0.4, 0.5) is 5.69 Å². The number of methoxy groups -OCH3 is 1. The third-order valence-corrected chi connectivity index (χ3v) is 4.32. The molecule has 3 aromatic rings. The summed E-state index contributed by atoms with van der Waals surface area (Å²) in [7, 11) is 1.54. The van der Waals surface area contributed by atoms with Crippen LogP contribution in [0.25, 0.3) is 10.8 Å². The molecule has 0 unspecified atom stereocenters. The van der Waals surface area contributed by atoms with Gasteiger partial charge in [0.2, 0.25) is 0 Å². The van der Waals surface area contributed by atoms with E-state index in [9.17, 15) is 4.79 Å². The van der Waals surface area contributed by atoms with Gasteiger partial charge in [-0.15, -0.1) is 0 Å². The fourth-order valence-electron chi connectivity index (χ4n) is 2.72. The second-order valence-electron chi connectivity index (χ2n) is 5.86. The van der Waals surface area contributed by atoms with Crippen molar-refractivity contribution in [3.8, 4) is 11.5 Å². The van der Waals surface area contributed by atoms with E-state index < -0.39 is 6.10 Å². The number of benzene rings is 3. The fourth-order valence-corrected chi connectivity index (χ4v) is 2.89. The van der Waals surface area contributed by atoms with E-state index >= 15 is 0 Å². The summed E-state index contributed by atoms with van der Waals surface area (Å²) in [6.45, 7) is 1.90. The highest BCUT2D eigenvalue weighted by Gasteiger charge is 2.20. The zero-order chi connectivity index (χ0) is 18.5. The lowest BCUT2D eigenvalue weighted by molar-refractivity contribution is -0.122. The van der Waals surface area contributed by atoms with Crippen molar-refractivity contribution in [2.45, 2.75) is 19.4 Å². The molecular weight excluding hydrogens is 350 g/mol. The van der Waals surface area contributed by atoms with E-state index in [0.717, 1.165) is 10.8 Å². The molecule has 0 aliphatic carbocycles. The Hall–Kier alpha value is -2.72. The summed E-state index contributed by atoms with van der Waals surface area (Å²) in [6.07, 6.45) is -0.0958. The number of carbonyl (C=O) groups excluding carboxylic acids is 1. The molecule has 134 valence electrons. The molecule has 26 heavy (non-hydrogen) atoms. The Labute approximate surface area is 157 Å². The van der Waals surface area contributed by atoms with E-state index in [1.165, 1.54) is 0 Å². The van der Waals surface area contributed by atoms with Gasteiger partial charge in [-0.25, -0.2) is 0 Å². The molecule has 0 saturated heterocycles. The summed E-state index contributed by atoms with van der Waals surface area (Å²) in [5.74, 6) is 0.952. The number of anilines is 1. The summed E-state index contributed by atoms with van der Waals surface area (Å²) < 4.78 is 11.2. The predicted molar refractivity (Wildman–Crippen MR) is 105 cm³/mol. The smallest absolute Gasteiger partial charge is 0.265 e. The van der Waals surface area contributed by atoms with E-state index in [0.29, 0.717) is 28.6 Å². The van der Waals surface area contributed by atoms with Gasteiger partial charge in [0.05, 0.1) is 12.8 Å². The number of fused-ring (bicyclic) bond motifs is 1. The van der Waals surface area contributed by atoms with Crippen LogP contribution < -0.4 is 14.8 Å². The quantitative estimate of drug-likeness (QED) is 0.641. The van der Waals surface area contributed by atoms with E-state index in [1.807, 2.05) is 49.4 Å². The molecule has 3 rings (SSSR count). The van der Waals surface area contributed by atoms with Crippen molar-refractivity contribution in [1.29, 1.82) is 0 Å². The summed E-state index contributed by atoms with van der Waals surface area (Å²) in [4.78, 5) is 12.7. The first-order valence-corrected chi connectivity index (χ1v) is 8.78. The molecule has 1 atom stereocenters. The van der Waals surface area contributed by atoms with Crippen molar-refractivity contribution in [2.24, 2.45) is 0 Å². The number of amides is 1. The Balaban J connectivity index is 1.77. The number of ether oxygens (including phenoxy) is 2. The van der Waals surface area contributed by atoms with Gasteiger partial charge in [0.25, 0.3) is 5.91 Å². The third kappa shape index (κ3) is 4.09. The molecule has 0 spiro atoms. The Morgan fingerprint density at radius 2 is 1.85 bits per heavy atom. The van der Waals surface area contributed by atoms with Gasteiger partial charge in [0, 0.05) is 5.02 Å². The van der Waals surface area contributed by atoms with Crippen LogP contribution in [0.1, 0.15) is 13.3 Å². The first-order chi connectivity index (χ1) is 12.6. The van der Waals surface area contributed by atoms with Crippen LogP contribution in [0.2, 0.25) is 5.02 Å². The van der Waals surface area contributed by atoms with E-state index in [-0.39, 0.29) is 5.91 Å². The Bertz CT molecular complexity index is 926. The van der Waals surface area contributed by atoms with Crippen LogP contribution in [0.15, 0.2) is 60.7 Å². The molecule has 0 aliphatic rings. The average Bonchev–Trinajstić information content (AvgIpc) is 2.66. The van der Waals surface area contributed by atoms with Crippen LogP contribution in [-0.2, 0) is 4.79 Å². The van der Waals surface area contributed by atoms with Gasteiger partial charge in [0.1, 0.15) is 11.5 Å². The molecule has 5 heteroatoms. The SMILES string of the molecule is CC[C@@H](Oc1ccc2ccccc2c1)C(=O)Nc1cc(Cl)ccc1OC. The van der Waals surface area contributed by atoms with Crippen LogP contribution in [0.5, 0.6) is 11.5 Å². The molecule has 3 aromatic carbocycles. The number of carbonyl (C=O) groups is 1. The van der Waals surface area contributed by atoms with Crippen LogP contribution in [-0.4, -0.2) is 19.1 Å². The van der Waals surface area contributed by atoms with Crippen molar-refractivity contribution >= 4 is 34.0 Å². The van der Waals surface area contributed by atoms with Crippen molar-refractivity contribution in [3.63, 3.8) is 0 Å². The van der Waals surface area contributed by atoms with E-state index in [4.69, 9.17) is 21.1 Å². The van der Waals surface area contributed by atoms with Gasteiger partial charge >= 0.3 is 0 Å². The van der Waals surface area contributed by atoms with Crippen LogP contribution in [0, 0.1) is 0 Å². The lowest BCUT2D eigenvalue weighted by Crippen LogP contribution is -2.32. The molecule has 0 saturated carbocycles. The maximum Gasteiger partial charge on any atom is 0.265 e. The second kappa shape index (κ2) is 8.11. The monoisotopic (exact) mass is 369 g/mol. The number of halogens is 1. The summed E-state index contributed by atoms with van der Waals surface area (Å²) in [5.41, 5.74) is 0.519. The number of hydrogen-bond donors (Lipinski definition) is 1. The van der Waals surface area contributed by atoms with Gasteiger partial charge in [-0.3, -0.25) is 4.79 Å². The van der Waals surface area contributed by atoms with E-state index in [1.54, 1.807) is 25.3 Å². The largest absolute Gasteiger partial charge is 0.495 e. The van der Waals surface area contributed by atoms with Gasteiger partial charge in [-0.2, -0.15) is 0 Å². The van der Waals surface area contributed by atoms with Crippen LogP contribution in [0.3, 0.4) is 0 Å². The molecule has 0 aliphatic heterocycles. The van der Waals surface area contributed by atoms with Crippen LogP contribution >= 0.6 is 11.6 Å². The average molecular weight is 370 g/mol. The Morgan fingerprint density at radius 1 is 1.08 bits per heavy atom. The molecule has 1 amide bonds. The molecule has 0 radical (unpaired) electrons. The molecule has 0 aromatic heterocycles. The predicted octanol–water partition coefficient (Wildman–Crippen LogP) is 5.30. The fraction of sp³-hybridized carbons (Fsp3) is 0.190. The minimum atomic E-state index is -0.625. The molecule has 4 nitrogen and oxygen atoms in total. The summed E-state index contributed by atoms with van der Waals surface area (Å²) >= 11 is 6.02. The molecule has 0 fully saturated rings. The topological polar surface area (TPSA) is 47.6 Å². The lowest BCUT2D eigenvalue weighted by atomic mass is 10.1. The molecule has 0 heterocycles. The zero-order valence-corrected chi connectivity index (χ0v) is 15.4. The summed E-state index contributed by atoms with van der Waals surface area (Å²) in [6, 6.07) is 18.9. The number of hydrogen-bond acceptors (Lipinski definition) is 3. The van der Waals surface area contributed by atoms with Crippen molar-refractivity contribution < 1.29 is 14.3 Å². The van der Waals surface area contributed by atoms with Crippen molar-refractivity contribution in [2.75, 3.05) is 12.4 Å². The highest BCUT2D eigenvalue weighted by atomic mass is 35.5. The van der Waals surface area contributed by atoms with Gasteiger partial charge in [0.15, 0.2) is 6.10 Å². The van der Waals surface area contributed by atoms with Gasteiger partial charge in [-0.05, 0) is 47.5 Å². The summed E-state index contributed by atoms with van der Waals surface area (Å²) in [5, 5.41) is 5.55. The minimum Gasteiger partial charge on any atom is -0.495 e. The number of nitrogens with one attached hydrogen (secondary N) is 1. The molecule has 1 N–H and O–H groups in total. The standard InChI is InChI=1S/C21H20ClNO3/c1-3-19(21(24)23-18-13-16(22)9-11-20(18)25-2)26-17-10-8-14-6-4-5-7-15(14)12-17/h4-13,19H,3H2,1-2H3,(H,23,24)/t19-/m1/s1. The van der Waals surface area contributed by atoms with Gasteiger partial charge < -0.3 is 14.8 Å². The lowest BCUT2D eigenvalue weighted by Gasteiger charge is -2.18. The molecule has 0 bridgehead atoms. The minimum absolute atomic E-state index is 0.249. The zero-order valence-electron chi connectivity index (χ0n) is 14.7. The third-order valence-electron chi connectivity index (χ3n) is 4.08. The van der Waals surface area contributed by atoms with Crippen molar-refractivity contribution in [1.82, 2.24) is 0 Å². The maximum atomic E-state index is 12.7.